The summed E-state index contributed by atoms with van der Waals surface area (Å²) in [5.41, 5.74) is 4.72. The number of carbonyl (C=O) groups is 2. The lowest BCUT2D eigenvalue weighted by Gasteiger charge is -2.22. The zero-order chi connectivity index (χ0) is 23.4. The van der Waals surface area contributed by atoms with Crippen LogP contribution < -0.4 is 15.5 Å². The Bertz CT molecular complexity index is 1190. The van der Waals surface area contributed by atoms with E-state index < -0.39 is 5.97 Å². The van der Waals surface area contributed by atoms with Gasteiger partial charge in [-0.2, -0.15) is 0 Å². The van der Waals surface area contributed by atoms with Gasteiger partial charge in [-0.3, -0.25) is 10.2 Å². The van der Waals surface area contributed by atoms with E-state index in [2.05, 4.69) is 25.9 Å². The minimum Gasteiger partial charge on any atom is -0.497 e. The van der Waals surface area contributed by atoms with Gasteiger partial charge >= 0.3 is 5.97 Å². The molecule has 170 valence electrons. The highest BCUT2D eigenvalue weighted by Gasteiger charge is 2.32. The van der Waals surface area contributed by atoms with Gasteiger partial charge in [0, 0.05) is 19.0 Å². The highest BCUT2D eigenvalue weighted by Crippen LogP contribution is 2.31. The van der Waals surface area contributed by atoms with Crippen molar-refractivity contribution in [1.82, 2.24) is 20.6 Å². The molecule has 0 radical (unpaired) electrons. The number of benzene rings is 2. The van der Waals surface area contributed by atoms with E-state index in [1.54, 1.807) is 30.3 Å². The third-order valence-electron chi connectivity index (χ3n) is 5.06. The van der Waals surface area contributed by atoms with Crippen LogP contribution in [0, 0.1) is 0 Å². The van der Waals surface area contributed by atoms with E-state index in [0.717, 1.165) is 11.3 Å². The predicted octanol–water partition coefficient (Wildman–Crippen LogP) is 3.39. The fourth-order valence-electron chi connectivity index (χ4n) is 3.47. The number of aromatic nitrogens is 2. The van der Waals surface area contributed by atoms with Crippen molar-refractivity contribution in [3.05, 3.63) is 64.7 Å². The molecule has 0 aliphatic carbocycles. The van der Waals surface area contributed by atoms with Gasteiger partial charge in [0.15, 0.2) is 0 Å². The van der Waals surface area contributed by atoms with E-state index >= 15 is 0 Å². The topological polar surface area (TPSA) is 129 Å². The summed E-state index contributed by atoms with van der Waals surface area (Å²) in [6, 6.07) is 14.0. The van der Waals surface area contributed by atoms with Gasteiger partial charge in [0.05, 0.1) is 25.3 Å². The summed E-state index contributed by atoms with van der Waals surface area (Å²) < 4.78 is 5.21. The second-order valence-corrected chi connectivity index (χ2v) is 8.28. The van der Waals surface area contributed by atoms with Crippen molar-refractivity contribution in [2.75, 3.05) is 12.4 Å². The first-order valence-corrected chi connectivity index (χ1v) is 10.9. The molecule has 0 bridgehead atoms. The molecule has 3 aromatic rings. The number of para-hydroxylation sites is 1. The Hall–Kier alpha value is -3.99. The molecule has 11 heteroatoms. The van der Waals surface area contributed by atoms with Gasteiger partial charge in [0.1, 0.15) is 16.6 Å². The molecule has 10 nitrogen and oxygen atoms in total. The maximum absolute atomic E-state index is 12.2. The Balaban J connectivity index is 1.46. The highest BCUT2D eigenvalue weighted by molar-refractivity contribution is 7.15. The van der Waals surface area contributed by atoms with Crippen LogP contribution in [-0.4, -0.2) is 45.1 Å². The number of hydrogen-bond donors (Lipinski definition) is 3. The van der Waals surface area contributed by atoms with Gasteiger partial charge in [-0.25, -0.2) is 14.8 Å². The van der Waals surface area contributed by atoms with Gasteiger partial charge in [-0.15, -0.1) is 10.2 Å². The largest absolute Gasteiger partial charge is 0.497 e. The molecule has 1 saturated heterocycles. The second kappa shape index (κ2) is 9.65. The maximum Gasteiger partial charge on any atom is 0.337 e. The number of hydrazine groups is 1. The molecule has 1 aliphatic rings. The Morgan fingerprint density at radius 1 is 1.24 bits per heavy atom. The normalized spacial score (nSPS) is 16.5. The Morgan fingerprint density at radius 2 is 2.00 bits per heavy atom. The Kier molecular flexibility index (Phi) is 6.50. The smallest absolute Gasteiger partial charge is 0.337 e. The van der Waals surface area contributed by atoms with Crippen molar-refractivity contribution in [3.8, 4) is 5.75 Å². The number of hydrogen-bond acceptors (Lipinski definition) is 8. The van der Waals surface area contributed by atoms with E-state index in [9.17, 15) is 14.7 Å². The van der Waals surface area contributed by atoms with Gasteiger partial charge in [-0.05, 0) is 29.8 Å². The quantitative estimate of drug-likeness (QED) is 0.483. The fourth-order valence-corrected chi connectivity index (χ4v) is 4.14. The molecule has 1 atom stereocenters. The fraction of sp³-hybridized carbons (Fsp3) is 0.227. The lowest BCUT2D eigenvalue weighted by molar-refractivity contribution is -0.132. The van der Waals surface area contributed by atoms with Gasteiger partial charge in [0.2, 0.25) is 11.0 Å². The standard InChI is InChI=1S/C22H22N6O4S/c1-13(29)28-18(14-7-9-15(32-2)10-8-14)11-19(27-28)24-22-26-25-20(33-22)12-23-17-6-4-3-5-16(17)21(30)31/h3-10,18,23H,11-12H2,1-2H3,(H,30,31)(H,24,26,27). The second-order valence-electron chi connectivity index (χ2n) is 7.24. The molecular weight excluding hydrogens is 444 g/mol. The molecule has 33 heavy (non-hydrogen) atoms. The first kappa shape index (κ1) is 22.2. The van der Waals surface area contributed by atoms with Crippen molar-refractivity contribution >= 4 is 39.9 Å². The number of nitrogens with zero attached hydrogens (tertiary/aromatic N) is 4. The first-order valence-electron chi connectivity index (χ1n) is 10.1. The number of anilines is 1. The Labute approximate surface area is 193 Å². The number of carboxylic acids is 1. The zero-order valence-electron chi connectivity index (χ0n) is 18.0. The molecule has 4 rings (SSSR count). The summed E-state index contributed by atoms with van der Waals surface area (Å²) in [4.78, 5) is 28.0. The molecule has 1 fully saturated rings. The maximum atomic E-state index is 12.2. The van der Waals surface area contributed by atoms with Crippen LogP contribution in [0.1, 0.15) is 40.3 Å². The van der Waals surface area contributed by atoms with Crippen LogP contribution in [0.15, 0.2) is 53.5 Å². The lowest BCUT2D eigenvalue weighted by Crippen LogP contribution is -2.38. The van der Waals surface area contributed by atoms with Crippen molar-refractivity contribution in [3.63, 3.8) is 0 Å². The highest BCUT2D eigenvalue weighted by atomic mass is 32.1. The van der Waals surface area contributed by atoms with Crippen LogP contribution in [0.4, 0.5) is 10.8 Å². The average molecular weight is 467 g/mol. The lowest BCUT2D eigenvalue weighted by atomic mass is 10.0. The SMILES string of the molecule is COc1ccc(C2C/C(=N\c3nnc(CNc4ccccc4C(=O)O)s3)NN2C(C)=O)cc1. The summed E-state index contributed by atoms with van der Waals surface area (Å²) in [7, 11) is 1.61. The van der Waals surface area contributed by atoms with E-state index in [0.29, 0.717) is 34.6 Å². The van der Waals surface area contributed by atoms with Gasteiger partial charge in [-0.1, -0.05) is 35.6 Å². The van der Waals surface area contributed by atoms with Crippen LogP contribution in [0.25, 0.3) is 0 Å². The molecule has 1 aliphatic heterocycles. The minimum absolute atomic E-state index is 0.125. The van der Waals surface area contributed by atoms with Crippen LogP contribution >= 0.6 is 11.3 Å². The van der Waals surface area contributed by atoms with Crippen molar-refractivity contribution in [1.29, 1.82) is 0 Å². The van der Waals surface area contributed by atoms with Gasteiger partial charge < -0.3 is 15.2 Å². The number of amidine groups is 1. The third-order valence-corrected chi connectivity index (χ3v) is 5.88. The number of aliphatic imine (C=N–C) groups is 1. The van der Waals surface area contributed by atoms with Crippen molar-refractivity contribution in [2.45, 2.75) is 25.9 Å². The predicted molar refractivity (Wildman–Crippen MR) is 124 cm³/mol. The summed E-state index contributed by atoms with van der Waals surface area (Å²) in [5.74, 6) is 0.225. The molecule has 3 N–H and O–H groups in total. The number of ether oxygens (including phenoxy) is 1. The summed E-state index contributed by atoms with van der Waals surface area (Å²) in [6.07, 6.45) is 0.505. The number of methoxy groups -OCH3 is 1. The van der Waals surface area contributed by atoms with E-state index in [-0.39, 0.29) is 17.5 Å². The molecule has 0 saturated carbocycles. The van der Waals surface area contributed by atoms with Crippen molar-refractivity contribution in [2.24, 2.45) is 4.99 Å². The summed E-state index contributed by atoms with van der Waals surface area (Å²) in [5, 5.41) is 23.3. The number of aromatic carboxylic acids is 1. The molecule has 0 spiro atoms. The number of amides is 1. The average Bonchev–Trinajstić information content (AvgIpc) is 3.45. The summed E-state index contributed by atoms with van der Waals surface area (Å²) in [6.45, 7) is 1.81. The Morgan fingerprint density at radius 3 is 2.70 bits per heavy atom. The van der Waals surface area contributed by atoms with Crippen LogP contribution in [0.2, 0.25) is 0 Å². The number of carbonyl (C=O) groups excluding carboxylic acids is 1. The van der Waals surface area contributed by atoms with E-state index in [1.165, 1.54) is 24.3 Å². The molecular formula is C22H22N6O4S. The third kappa shape index (κ3) is 5.09. The number of nitrogens with one attached hydrogen (secondary N) is 2. The van der Waals surface area contributed by atoms with Gasteiger partial charge in [0.25, 0.3) is 0 Å². The summed E-state index contributed by atoms with van der Waals surface area (Å²) >= 11 is 1.29. The molecule has 1 amide bonds. The number of carboxylic acid groups (broad SMARTS) is 1. The van der Waals surface area contributed by atoms with Crippen LogP contribution in [0.3, 0.4) is 0 Å². The molecule has 1 aromatic heterocycles. The monoisotopic (exact) mass is 466 g/mol. The number of rotatable bonds is 7. The first-order chi connectivity index (χ1) is 15.9. The molecule has 2 heterocycles. The zero-order valence-corrected chi connectivity index (χ0v) is 18.8. The van der Waals surface area contributed by atoms with Crippen molar-refractivity contribution < 1.29 is 19.4 Å². The minimum atomic E-state index is -1.00. The molecule has 2 aromatic carbocycles. The molecule has 1 unspecified atom stereocenters. The van der Waals surface area contributed by atoms with Crippen LogP contribution in [-0.2, 0) is 11.3 Å². The van der Waals surface area contributed by atoms with Crippen LogP contribution in [0.5, 0.6) is 5.75 Å². The van der Waals surface area contributed by atoms with E-state index in [1.807, 2.05) is 24.3 Å². The van der Waals surface area contributed by atoms with E-state index in [4.69, 9.17) is 4.74 Å².